The van der Waals surface area contributed by atoms with Gasteiger partial charge in [-0.3, -0.25) is 19.5 Å². The Labute approximate surface area is 193 Å². The summed E-state index contributed by atoms with van der Waals surface area (Å²) in [5, 5.41) is 11.2. The van der Waals surface area contributed by atoms with E-state index in [4.69, 9.17) is 4.74 Å². The number of benzene rings is 2. The van der Waals surface area contributed by atoms with Gasteiger partial charge in [0, 0.05) is 23.6 Å². The number of nitrogens with zero attached hydrogens (tertiary/aromatic N) is 2. The molecular formula is C27H26N2O4. The lowest BCUT2D eigenvalue weighted by Crippen LogP contribution is -2.29. The predicted octanol–water partition coefficient (Wildman–Crippen LogP) is 5.11. The van der Waals surface area contributed by atoms with E-state index in [1.165, 1.54) is 4.90 Å². The number of anilines is 1. The summed E-state index contributed by atoms with van der Waals surface area (Å²) in [6.07, 6.45) is 4.12. The molecule has 1 unspecified atom stereocenters. The van der Waals surface area contributed by atoms with Gasteiger partial charge in [-0.25, -0.2) is 0 Å². The number of carbonyl (C=O) groups excluding carboxylic acids is 2. The first-order valence-electron chi connectivity index (χ1n) is 10.9. The number of amides is 1. The third kappa shape index (κ3) is 4.24. The molecule has 6 nitrogen and oxygen atoms in total. The fraction of sp³-hybridized carbons (Fsp3) is 0.222. The average molecular weight is 443 g/mol. The van der Waals surface area contributed by atoms with E-state index in [1.54, 1.807) is 48.8 Å². The van der Waals surface area contributed by atoms with Crippen LogP contribution in [-0.4, -0.2) is 28.4 Å². The number of pyridine rings is 1. The van der Waals surface area contributed by atoms with E-state index in [2.05, 4.69) is 4.98 Å². The van der Waals surface area contributed by atoms with Crippen LogP contribution in [0.25, 0.3) is 5.76 Å². The van der Waals surface area contributed by atoms with E-state index in [9.17, 15) is 14.7 Å². The zero-order chi connectivity index (χ0) is 23.5. The van der Waals surface area contributed by atoms with Crippen LogP contribution in [0.2, 0.25) is 0 Å². The first-order valence-corrected chi connectivity index (χ1v) is 10.9. The fourth-order valence-corrected chi connectivity index (χ4v) is 3.91. The van der Waals surface area contributed by atoms with E-state index >= 15 is 0 Å². The summed E-state index contributed by atoms with van der Waals surface area (Å²) in [5.74, 6) is -0.967. The van der Waals surface area contributed by atoms with Crippen molar-refractivity contribution in [2.45, 2.75) is 33.2 Å². The van der Waals surface area contributed by atoms with Gasteiger partial charge in [0.25, 0.3) is 11.7 Å². The van der Waals surface area contributed by atoms with Crippen LogP contribution >= 0.6 is 0 Å². The molecule has 2 aromatic carbocycles. The summed E-state index contributed by atoms with van der Waals surface area (Å²) >= 11 is 0. The van der Waals surface area contributed by atoms with E-state index < -0.39 is 17.7 Å². The van der Waals surface area contributed by atoms with Crippen LogP contribution in [0, 0.1) is 13.8 Å². The van der Waals surface area contributed by atoms with Gasteiger partial charge in [-0.15, -0.1) is 0 Å². The number of hydrogen-bond donors (Lipinski definition) is 1. The lowest BCUT2D eigenvalue weighted by atomic mass is 9.96. The highest BCUT2D eigenvalue weighted by atomic mass is 16.5. The van der Waals surface area contributed by atoms with Crippen molar-refractivity contribution in [2.24, 2.45) is 0 Å². The highest BCUT2D eigenvalue weighted by Gasteiger charge is 2.47. The zero-order valence-electron chi connectivity index (χ0n) is 18.9. The monoisotopic (exact) mass is 442 g/mol. The number of ether oxygens (including phenoxy) is 1. The molecule has 0 spiro atoms. The van der Waals surface area contributed by atoms with Crippen LogP contribution in [0.15, 0.2) is 72.6 Å². The van der Waals surface area contributed by atoms with E-state index in [0.29, 0.717) is 29.2 Å². The number of carbonyl (C=O) groups is 2. The molecule has 168 valence electrons. The lowest BCUT2D eigenvalue weighted by Gasteiger charge is -2.25. The summed E-state index contributed by atoms with van der Waals surface area (Å²) in [7, 11) is 0. The highest BCUT2D eigenvalue weighted by molar-refractivity contribution is 6.51. The smallest absolute Gasteiger partial charge is 0.300 e. The third-order valence-corrected chi connectivity index (χ3v) is 5.81. The van der Waals surface area contributed by atoms with Crippen molar-refractivity contribution in [3.05, 3.63) is 94.8 Å². The average Bonchev–Trinajstić information content (AvgIpc) is 3.10. The van der Waals surface area contributed by atoms with Crippen LogP contribution in [-0.2, 0) is 9.59 Å². The molecule has 1 amide bonds. The van der Waals surface area contributed by atoms with Crippen molar-refractivity contribution < 1.29 is 19.4 Å². The molecule has 0 saturated carbocycles. The number of aryl methyl sites for hydroxylation is 2. The fourth-order valence-electron chi connectivity index (χ4n) is 3.91. The Kier molecular flexibility index (Phi) is 6.27. The van der Waals surface area contributed by atoms with Crippen LogP contribution < -0.4 is 9.64 Å². The van der Waals surface area contributed by atoms with Gasteiger partial charge in [0.1, 0.15) is 11.5 Å². The number of aliphatic hydroxyl groups excluding tert-OH is 1. The van der Waals surface area contributed by atoms with Gasteiger partial charge >= 0.3 is 0 Å². The van der Waals surface area contributed by atoms with Crippen LogP contribution in [0.5, 0.6) is 5.75 Å². The van der Waals surface area contributed by atoms with Gasteiger partial charge in [0.05, 0.1) is 18.2 Å². The predicted molar refractivity (Wildman–Crippen MR) is 127 cm³/mol. The molecule has 33 heavy (non-hydrogen) atoms. The van der Waals surface area contributed by atoms with Gasteiger partial charge in [0.15, 0.2) is 0 Å². The standard InChI is InChI=1S/C27H26N2O4/c1-4-14-33-22-11-8-19(9-12-22)25(30)23-24(20-6-5-13-28-16-20)29(27(32)26(23)31)21-10-7-17(2)18(3)15-21/h5-13,15-16,24,30H,4,14H2,1-3H3/b25-23+. The number of rotatable bonds is 6. The Morgan fingerprint density at radius 1 is 1.06 bits per heavy atom. The quantitative estimate of drug-likeness (QED) is 0.326. The normalized spacial score (nSPS) is 17.4. The first-order chi connectivity index (χ1) is 15.9. The maximum absolute atomic E-state index is 13.2. The molecule has 1 aliphatic heterocycles. The minimum atomic E-state index is -0.795. The Balaban J connectivity index is 1.84. The summed E-state index contributed by atoms with van der Waals surface area (Å²) in [6, 6.07) is 15.2. The van der Waals surface area contributed by atoms with Gasteiger partial charge in [-0.1, -0.05) is 19.1 Å². The number of ketones is 1. The van der Waals surface area contributed by atoms with Crippen molar-refractivity contribution in [1.29, 1.82) is 0 Å². The molecule has 1 aliphatic rings. The zero-order valence-corrected chi connectivity index (χ0v) is 18.9. The van der Waals surface area contributed by atoms with Crippen molar-refractivity contribution in [2.75, 3.05) is 11.5 Å². The minimum Gasteiger partial charge on any atom is -0.507 e. The molecule has 1 atom stereocenters. The second-order valence-corrected chi connectivity index (χ2v) is 8.10. The van der Waals surface area contributed by atoms with Crippen LogP contribution in [0.1, 0.15) is 41.6 Å². The molecule has 1 fully saturated rings. The van der Waals surface area contributed by atoms with Crippen molar-refractivity contribution in [1.82, 2.24) is 4.98 Å². The minimum absolute atomic E-state index is 0.0356. The molecule has 0 radical (unpaired) electrons. The van der Waals surface area contributed by atoms with Crippen molar-refractivity contribution in [3.8, 4) is 5.75 Å². The molecule has 1 N–H and O–H groups in total. The summed E-state index contributed by atoms with van der Waals surface area (Å²) < 4.78 is 5.60. The molecule has 3 aromatic rings. The van der Waals surface area contributed by atoms with Crippen LogP contribution in [0.4, 0.5) is 5.69 Å². The van der Waals surface area contributed by atoms with E-state index in [-0.39, 0.29) is 11.3 Å². The molecule has 4 rings (SSSR count). The van der Waals surface area contributed by atoms with Gasteiger partial charge in [-0.05, 0) is 79.4 Å². The van der Waals surface area contributed by atoms with Crippen molar-refractivity contribution >= 4 is 23.1 Å². The highest BCUT2D eigenvalue weighted by Crippen LogP contribution is 2.42. The second kappa shape index (κ2) is 9.28. The van der Waals surface area contributed by atoms with E-state index in [1.807, 2.05) is 39.0 Å². The maximum Gasteiger partial charge on any atom is 0.300 e. The summed E-state index contributed by atoms with van der Waals surface area (Å²) in [5.41, 5.74) is 3.79. The third-order valence-electron chi connectivity index (χ3n) is 5.81. The Morgan fingerprint density at radius 3 is 2.45 bits per heavy atom. The SMILES string of the molecule is CCCOc1ccc(/C(O)=C2\C(=O)C(=O)N(c3ccc(C)c(C)c3)C2c2cccnc2)cc1. The summed E-state index contributed by atoms with van der Waals surface area (Å²) in [6.45, 7) is 6.55. The number of hydrogen-bond acceptors (Lipinski definition) is 5. The number of aliphatic hydroxyl groups is 1. The Bertz CT molecular complexity index is 1220. The Hall–Kier alpha value is -3.93. The van der Waals surface area contributed by atoms with Gasteiger partial charge in [-0.2, -0.15) is 0 Å². The number of aromatic nitrogens is 1. The molecule has 0 aliphatic carbocycles. The molecule has 1 aromatic heterocycles. The second-order valence-electron chi connectivity index (χ2n) is 8.10. The topological polar surface area (TPSA) is 79.7 Å². The van der Waals surface area contributed by atoms with Crippen LogP contribution in [0.3, 0.4) is 0 Å². The molecule has 2 heterocycles. The van der Waals surface area contributed by atoms with Crippen molar-refractivity contribution in [3.63, 3.8) is 0 Å². The molecule has 0 bridgehead atoms. The van der Waals surface area contributed by atoms with Gasteiger partial charge < -0.3 is 9.84 Å². The van der Waals surface area contributed by atoms with Gasteiger partial charge in [0.2, 0.25) is 0 Å². The molecule has 1 saturated heterocycles. The largest absolute Gasteiger partial charge is 0.507 e. The van der Waals surface area contributed by atoms with E-state index in [0.717, 1.165) is 17.5 Å². The number of Topliss-reactive ketones (excluding diaryl/α,β-unsaturated/α-hetero) is 1. The lowest BCUT2D eigenvalue weighted by molar-refractivity contribution is -0.132. The maximum atomic E-state index is 13.2. The summed E-state index contributed by atoms with van der Waals surface area (Å²) in [4.78, 5) is 32.0. The first kappa shape index (κ1) is 22.3. The molecule has 6 heteroatoms. The Morgan fingerprint density at radius 2 is 1.82 bits per heavy atom. The molecular weight excluding hydrogens is 416 g/mol.